The fraction of sp³-hybridized carbons (Fsp3) is 0.615. The molecule has 94 valence electrons. The number of hydrogen-bond acceptors (Lipinski definition) is 3. The minimum absolute atomic E-state index is 1.09. The maximum atomic E-state index is 4.49. The van der Waals surface area contributed by atoms with Gasteiger partial charge in [-0.1, -0.05) is 6.92 Å². The monoisotopic (exact) mass is 297 g/mol. The summed E-state index contributed by atoms with van der Waals surface area (Å²) in [5.74, 6) is 1.11. The standard InChI is InChI=1S/C13H20BrN3/c1-3-4-16-5-7-17(8-6-16)13-9-11(2)12(14)10-15-13/h9-10H,3-8H2,1-2H3. The number of anilines is 1. The molecule has 0 atom stereocenters. The summed E-state index contributed by atoms with van der Waals surface area (Å²) in [6.07, 6.45) is 3.15. The van der Waals surface area contributed by atoms with Crippen LogP contribution in [0.15, 0.2) is 16.7 Å². The lowest BCUT2D eigenvalue weighted by atomic mass is 10.2. The van der Waals surface area contributed by atoms with Crippen LogP contribution in [0.1, 0.15) is 18.9 Å². The van der Waals surface area contributed by atoms with E-state index in [0.717, 1.165) is 36.5 Å². The van der Waals surface area contributed by atoms with Crippen LogP contribution in [0.25, 0.3) is 0 Å². The van der Waals surface area contributed by atoms with Crippen LogP contribution in [0.5, 0.6) is 0 Å². The molecule has 4 heteroatoms. The predicted octanol–water partition coefficient (Wildman–Crippen LogP) is 2.68. The molecule has 0 saturated carbocycles. The van der Waals surface area contributed by atoms with Gasteiger partial charge in [-0.15, -0.1) is 0 Å². The van der Waals surface area contributed by atoms with Crippen LogP contribution in [0.3, 0.4) is 0 Å². The predicted molar refractivity (Wildman–Crippen MR) is 75.6 cm³/mol. The summed E-state index contributed by atoms with van der Waals surface area (Å²) < 4.78 is 1.09. The van der Waals surface area contributed by atoms with Gasteiger partial charge in [-0.2, -0.15) is 0 Å². The third-order valence-electron chi connectivity index (χ3n) is 3.27. The molecule has 17 heavy (non-hydrogen) atoms. The third-order valence-corrected chi connectivity index (χ3v) is 4.10. The first-order valence-corrected chi connectivity index (χ1v) is 7.09. The van der Waals surface area contributed by atoms with Crippen LogP contribution < -0.4 is 4.90 Å². The zero-order chi connectivity index (χ0) is 12.3. The van der Waals surface area contributed by atoms with Gasteiger partial charge in [-0.25, -0.2) is 4.98 Å². The summed E-state index contributed by atoms with van der Waals surface area (Å²) in [4.78, 5) is 9.40. The minimum atomic E-state index is 1.09. The Labute approximate surface area is 112 Å². The summed E-state index contributed by atoms with van der Waals surface area (Å²) >= 11 is 3.49. The molecule has 1 aliphatic rings. The number of hydrogen-bond donors (Lipinski definition) is 0. The number of aryl methyl sites for hydroxylation is 1. The van der Waals surface area contributed by atoms with Gasteiger partial charge in [-0.3, -0.25) is 4.90 Å². The van der Waals surface area contributed by atoms with Crippen molar-refractivity contribution >= 4 is 21.7 Å². The molecular weight excluding hydrogens is 278 g/mol. The lowest BCUT2D eigenvalue weighted by Crippen LogP contribution is -2.46. The molecule has 2 heterocycles. The van der Waals surface area contributed by atoms with Crippen molar-refractivity contribution in [3.05, 3.63) is 22.3 Å². The van der Waals surface area contributed by atoms with Crippen LogP contribution in [-0.4, -0.2) is 42.6 Å². The molecule has 2 rings (SSSR count). The van der Waals surface area contributed by atoms with Gasteiger partial charge in [0.15, 0.2) is 0 Å². The lowest BCUT2D eigenvalue weighted by molar-refractivity contribution is 0.258. The van der Waals surface area contributed by atoms with Crippen molar-refractivity contribution in [3.8, 4) is 0 Å². The van der Waals surface area contributed by atoms with Crippen molar-refractivity contribution in [2.24, 2.45) is 0 Å². The second-order valence-electron chi connectivity index (χ2n) is 4.62. The maximum absolute atomic E-state index is 4.49. The van der Waals surface area contributed by atoms with Crippen LogP contribution in [-0.2, 0) is 0 Å². The van der Waals surface area contributed by atoms with Gasteiger partial charge < -0.3 is 4.90 Å². The number of halogens is 1. The highest BCUT2D eigenvalue weighted by atomic mass is 79.9. The summed E-state index contributed by atoms with van der Waals surface area (Å²) in [5, 5.41) is 0. The maximum Gasteiger partial charge on any atom is 0.128 e. The average molecular weight is 298 g/mol. The highest BCUT2D eigenvalue weighted by Gasteiger charge is 2.17. The van der Waals surface area contributed by atoms with E-state index in [1.54, 1.807) is 0 Å². The molecule has 0 aliphatic carbocycles. The average Bonchev–Trinajstić information content (AvgIpc) is 2.34. The Hall–Kier alpha value is -0.610. The van der Waals surface area contributed by atoms with Gasteiger partial charge in [0.2, 0.25) is 0 Å². The van der Waals surface area contributed by atoms with Crippen molar-refractivity contribution in [2.75, 3.05) is 37.6 Å². The van der Waals surface area contributed by atoms with E-state index in [4.69, 9.17) is 0 Å². The van der Waals surface area contributed by atoms with E-state index in [1.807, 2.05) is 6.20 Å². The molecule has 3 nitrogen and oxygen atoms in total. The number of aromatic nitrogens is 1. The fourth-order valence-corrected chi connectivity index (χ4v) is 2.43. The molecule has 1 aliphatic heterocycles. The molecule has 1 aromatic rings. The molecule has 0 radical (unpaired) electrons. The zero-order valence-corrected chi connectivity index (χ0v) is 12.2. The van der Waals surface area contributed by atoms with Gasteiger partial charge in [0.25, 0.3) is 0 Å². The van der Waals surface area contributed by atoms with Crippen LogP contribution >= 0.6 is 15.9 Å². The molecule has 0 amide bonds. The van der Waals surface area contributed by atoms with Gasteiger partial charge in [0.05, 0.1) is 0 Å². The summed E-state index contributed by atoms with van der Waals surface area (Å²) in [6.45, 7) is 10.1. The van der Waals surface area contributed by atoms with E-state index in [1.165, 1.54) is 18.5 Å². The first-order chi connectivity index (χ1) is 8.20. The largest absolute Gasteiger partial charge is 0.354 e. The van der Waals surface area contributed by atoms with E-state index in [-0.39, 0.29) is 0 Å². The first kappa shape index (κ1) is 12.8. The number of nitrogens with zero attached hydrogens (tertiary/aromatic N) is 3. The van der Waals surface area contributed by atoms with Crippen LogP contribution in [0, 0.1) is 6.92 Å². The molecule has 0 unspecified atom stereocenters. The van der Waals surface area contributed by atoms with Crippen molar-refractivity contribution in [1.82, 2.24) is 9.88 Å². The normalized spacial score (nSPS) is 17.5. The molecule has 0 spiro atoms. The van der Waals surface area contributed by atoms with E-state index in [2.05, 4.69) is 50.6 Å². The van der Waals surface area contributed by atoms with Gasteiger partial charge in [0.1, 0.15) is 5.82 Å². The number of piperazine rings is 1. The number of pyridine rings is 1. The van der Waals surface area contributed by atoms with E-state index in [9.17, 15) is 0 Å². The Morgan fingerprint density at radius 3 is 2.59 bits per heavy atom. The van der Waals surface area contributed by atoms with Crippen molar-refractivity contribution < 1.29 is 0 Å². The summed E-state index contributed by atoms with van der Waals surface area (Å²) in [7, 11) is 0. The van der Waals surface area contributed by atoms with E-state index < -0.39 is 0 Å². The zero-order valence-electron chi connectivity index (χ0n) is 10.6. The molecule has 1 fully saturated rings. The lowest BCUT2D eigenvalue weighted by Gasteiger charge is -2.35. The summed E-state index contributed by atoms with van der Waals surface area (Å²) in [5.41, 5.74) is 1.26. The molecular formula is C13H20BrN3. The number of rotatable bonds is 3. The minimum Gasteiger partial charge on any atom is -0.354 e. The molecule has 0 N–H and O–H groups in total. The Morgan fingerprint density at radius 1 is 1.29 bits per heavy atom. The van der Waals surface area contributed by atoms with Crippen molar-refractivity contribution in [2.45, 2.75) is 20.3 Å². The van der Waals surface area contributed by atoms with E-state index in [0.29, 0.717) is 0 Å². The highest BCUT2D eigenvalue weighted by Crippen LogP contribution is 2.20. The molecule has 0 aromatic carbocycles. The Balaban J connectivity index is 1.98. The smallest absolute Gasteiger partial charge is 0.128 e. The van der Waals surface area contributed by atoms with Gasteiger partial charge in [0, 0.05) is 36.8 Å². The fourth-order valence-electron chi connectivity index (χ4n) is 2.21. The van der Waals surface area contributed by atoms with Crippen LogP contribution in [0.2, 0.25) is 0 Å². The Morgan fingerprint density at radius 2 is 2.00 bits per heavy atom. The molecule has 1 aromatic heterocycles. The first-order valence-electron chi connectivity index (χ1n) is 6.30. The Kier molecular flexibility index (Phi) is 4.40. The molecule has 0 bridgehead atoms. The third kappa shape index (κ3) is 3.19. The highest BCUT2D eigenvalue weighted by molar-refractivity contribution is 9.10. The quantitative estimate of drug-likeness (QED) is 0.855. The van der Waals surface area contributed by atoms with E-state index >= 15 is 0 Å². The SMILES string of the molecule is CCCN1CCN(c2cc(C)c(Br)cn2)CC1. The van der Waals surface area contributed by atoms with Gasteiger partial charge in [-0.05, 0) is 47.4 Å². The summed E-state index contributed by atoms with van der Waals surface area (Å²) in [6, 6.07) is 2.17. The van der Waals surface area contributed by atoms with Crippen molar-refractivity contribution in [1.29, 1.82) is 0 Å². The van der Waals surface area contributed by atoms with Crippen molar-refractivity contribution in [3.63, 3.8) is 0 Å². The topological polar surface area (TPSA) is 19.4 Å². The second kappa shape index (κ2) is 5.83. The molecule has 1 saturated heterocycles. The van der Waals surface area contributed by atoms with Gasteiger partial charge >= 0.3 is 0 Å². The Bertz CT molecular complexity index is 373. The second-order valence-corrected chi connectivity index (χ2v) is 5.47. The van der Waals surface area contributed by atoms with Crippen LogP contribution in [0.4, 0.5) is 5.82 Å².